The van der Waals surface area contributed by atoms with E-state index in [0.29, 0.717) is 6.54 Å². The van der Waals surface area contributed by atoms with E-state index in [4.69, 9.17) is 15.6 Å². The Morgan fingerprint density at radius 3 is 2.84 bits per heavy atom. The molecule has 2 aliphatic heterocycles. The van der Waals surface area contributed by atoms with Crippen molar-refractivity contribution in [3.63, 3.8) is 0 Å². The van der Waals surface area contributed by atoms with Crippen LogP contribution < -0.4 is 5.73 Å². The van der Waals surface area contributed by atoms with Crippen LogP contribution in [-0.4, -0.2) is 52.2 Å². The number of hydrogen-bond acceptors (Lipinski definition) is 4. The summed E-state index contributed by atoms with van der Waals surface area (Å²) in [7, 11) is 0. The molecule has 3 atom stereocenters. The van der Waals surface area contributed by atoms with Gasteiger partial charge in [-0.1, -0.05) is 0 Å². The minimum absolute atomic E-state index is 0.0381. The van der Waals surface area contributed by atoms with Crippen molar-refractivity contribution in [2.45, 2.75) is 63.3 Å². The molecule has 0 unspecified atom stereocenters. The van der Waals surface area contributed by atoms with Gasteiger partial charge in [0.25, 0.3) is 0 Å². The Balaban J connectivity index is 2.07. The van der Waals surface area contributed by atoms with Crippen LogP contribution in [0.2, 0.25) is 0 Å². The molecule has 0 saturated carbocycles. The van der Waals surface area contributed by atoms with Gasteiger partial charge in [0, 0.05) is 6.54 Å². The molecule has 0 aromatic rings. The van der Waals surface area contributed by atoms with E-state index in [1.807, 2.05) is 13.8 Å². The van der Waals surface area contributed by atoms with Gasteiger partial charge in [0.05, 0.1) is 30.2 Å². The molecule has 0 spiro atoms. The highest BCUT2D eigenvalue weighted by atomic mass is 16.5. The first-order valence-electron chi connectivity index (χ1n) is 6.76. The van der Waals surface area contributed by atoms with Crippen LogP contribution in [0.15, 0.2) is 0 Å². The first-order chi connectivity index (χ1) is 8.80. The smallest absolute Gasteiger partial charge is 0.305 e. The number of rotatable bonds is 3. The summed E-state index contributed by atoms with van der Waals surface area (Å²) in [5.41, 5.74) is 5.46. The highest BCUT2D eigenvalue weighted by molar-refractivity contribution is 5.86. The van der Waals surface area contributed by atoms with Gasteiger partial charge in [-0.05, 0) is 33.1 Å². The predicted molar refractivity (Wildman–Crippen MR) is 68.5 cm³/mol. The van der Waals surface area contributed by atoms with Gasteiger partial charge in [-0.15, -0.1) is 0 Å². The number of piperidine rings is 1. The van der Waals surface area contributed by atoms with E-state index in [2.05, 4.69) is 0 Å². The molecule has 0 aromatic carbocycles. The van der Waals surface area contributed by atoms with Crippen LogP contribution in [0.5, 0.6) is 0 Å². The number of amides is 1. The maximum atomic E-state index is 12.3. The predicted octanol–water partition coefficient (Wildman–Crippen LogP) is 0.347. The lowest BCUT2D eigenvalue weighted by Gasteiger charge is -2.37. The number of likely N-dealkylation sites (tertiary alicyclic amines) is 1. The molecule has 19 heavy (non-hydrogen) atoms. The third kappa shape index (κ3) is 3.06. The van der Waals surface area contributed by atoms with Crippen molar-refractivity contribution in [1.82, 2.24) is 4.90 Å². The van der Waals surface area contributed by atoms with Crippen LogP contribution in [0.1, 0.15) is 39.5 Å². The van der Waals surface area contributed by atoms with E-state index in [0.717, 1.165) is 19.3 Å². The van der Waals surface area contributed by atoms with Crippen LogP contribution >= 0.6 is 0 Å². The number of carbonyl (C=O) groups is 2. The van der Waals surface area contributed by atoms with Crippen LogP contribution in [0.3, 0.4) is 0 Å². The van der Waals surface area contributed by atoms with Gasteiger partial charge < -0.3 is 20.5 Å². The summed E-state index contributed by atoms with van der Waals surface area (Å²) in [5.74, 6) is -1.31. The number of carbonyl (C=O) groups excluding carboxylic acids is 1. The van der Waals surface area contributed by atoms with Crippen molar-refractivity contribution < 1.29 is 19.4 Å². The summed E-state index contributed by atoms with van der Waals surface area (Å²) < 4.78 is 5.94. The van der Waals surface area contributed by atoms with E-state index < -0.39 is 12.0 Å². The van der Waals surface area contributed by atoms with E-state index >= 15 is 0 Å². The van der Waals surface area contributed by atoms with Crippen LogP contribution in [0, 0.1) is 0 Å². The fourth-order valence-corrected chi connectivity index (χ4v) is 3.12. The zero-order valence-electron chi connectivity index (χ0n) is 11.5. The molecule has 0 aliphatic carbocycles. The van der Waals surface area contributed by atoms with Gasteiger partial charge in [-0.2, -0.15) is 0 Å². The van der Waals surface area contributed by atoms with Crippen LogP contribution in [0.4, 0.5) is 0 Å². The number of fused-ring (bicyclic) bond motifs is 1. The highest BCUT2D eigenvalue weighted by Gasteiger charge is 2.46. The van der Waals surface area contributed by atoms with Gasteiger partial charge in [0.15, 0.2) is 0 Å². The molecule has 2 saturated heterocycles. The molecule has 2 heterocycles. The number of hydrogen-bond donors (Lipinski definition) is 2. The SMILES string of the molecule is CC1(C)C[C@H]2[C@H](CCCN2C(=O)[C@@H](N)CC(=O)O)O1. The monoisotopic (exact) mass is 270 g/mol. The molecule has 2 aliphatic rings. The zero-order chi connectivity index (χ0) is 14.2. The summed E-state index contributed by atoms with van der Waals surface area (Å²) in [6.45, 7) is 4.68. The highest BCUT2D eigenvalue weighted by Crippen LogP contribution is 2.38. The molecule has 0 bridgehead atoms. The van der Waals surface area contributed by atoms with Gasteiger partial charge in [-0.25, -0.2) is 0 Å². The Labute approximate surface area is 112 Å². The molecule has 0 radical (unpaired) electrons. The van der Waals surface area contributed by atoms with E-state index in [1.54, 1.807) is 4.90 Å². The molecular weight excluding hydrogens is 248 g/mol. The maximum absolute atomic E-state index is 12.3. The van der Waals surface area contributed by atoms with Crippen molar-refractivity contribution >= 4 is 11.9 Å². The Bertz CT molecular complexity index is 383. The van der Waals surface area contributed by atoms with Gasteiger partial charge >= 0.3 is 5.97 Å². The van der Waals surface area contributed by atoms with E-state index in [-0.39, 0.29) is 30.1 Å². The molecule has 2 rings (SSSR count). The molecule has 108 valence electrons. The number of nitrogens with two attached hydrogens (primary N) is 1. The average molecular weight is 270 g/mol. The number of carboxylic acids is 1. The third-order valence-electron chi connectivity index (χ3n) is 3.88. The molecule has 1 amide bonds. The lowest BCUT2D eigenvalue weighted by Crippen LogP contribution is -2.54. The molecule has 6 heteroatoms. The average Bonchev–Trinajstić information content (AvgIpc) is 2.60. The fraction of sp³-hybridized carbons (Fsp3) is 0.846. The molecular formula is C13H22N2O4. The van der Waals surface area contributed by atoms with Gasteiger partial charge in [0.1, 0.15) is 0 Å². The normalized spacial score (nSPS) is 30.8. The minimum atomic E-state index is -1.04. The Morgan fingerprint density at radius 2 is 2.21 bits per heavy atom. The first-order valence-corrected chi connectivity index (χ1v) is 6.76. The minimum Gasteiger partial charge on any atom is -0.481 e. The van der Waals surface area contributed by atoms with Gasteiger partial charge in [0.2, 0.25) is 5.91 Å². The molecule has 3 N–H and O–H groups in total. The summed E-state index contributed by atoms with van der Waals surface area (Å²) in [4.78, 5) is 24.7. The first kappa shape index (κ1) is 14.3. The Kier molecular flexibility index (Phi) is 3.82. The second-order valence-corrected chi connectivity index (χ2v) is 6.07. The fourth-order valence-electron chi connectivity index (χ4n) is 3.12. The van der Waals surface area contributed by atoms with Crippen LogP contribution in [0.25, 0.3) is 0 Å². The second-order valence-electron chi connectivity index (χ2n) is 6.07. The molecule has 0 aromatic heterocycles. The number of aliphatic carboxylic acids is 1. The lowest BCUT2D eigenvalue weighted by molar-refractivity contribution is -0.144. The second kappa shape index (κ2) is 5.09. The van der Waals surface area contributed by atoms with Crippen molar-refractivity contribution in [2.24, 2.45) is 5.73 Å². The number of carboxylic acid groups (broad SMARTS) is 1. The lowest BCUT2D eigenvalue weighted by atomic mass is 9.93. The zero-order valence-corrected chi connectivity index (χ0v) is 11.5. The maximum Gasteiger partial charge on any atom is 0.305 e. The Hall–Kier alpha value is -1.14. The van der Waals surface area contributed by atoms with E-state index in [9.17, 15) is 9.59 Å². The van der Waals surface area contributed by atoms with Crippen LogP contribution in [-0.2, 0) is 14.3 Å². The van der Waals surface area contributed by atoms with Crippen molar-refractivity contribution in [2.75, 3.05) is 6.54 Å². The van der Waals surface area contributed by atoms with Crippen molar-refractivity contribution in [3.05, 3.63) is 0 Å². The molecule has 2 fully saturated rings. The van der Waals surface area contributed by atoms with E-state index in [1.165, 1.54) is 0 Å². The number of nitrogens with zero attached hydrogens (tertiary/aromatic N) is 1. The van der Waals surface area contributed by atoms with Crippen molar-refractivity contribution in [1.29, 1.82) is 0 Å². The summed E-state index contributed by atoms with van der Waals surface area (Å²) >= 11 is 0. The summed E-state index contributed by atoms with van der Waals surface area (Å²) in [6.07, 6.45) is 2.35. The Morgan fingerprint density at radius 1 is 1.53 bits per heavy atom. The largest absolute Gasteiger partial charge is 0.481 e. The summed E-state index contributed by atoms with van der Waals surface area (Å²) in [5, 5.41) is 8.73. The third-order valence-corrected chi connectivity index (χ3v) is 3.88. The topological polar surface area (TPSA) is 92.9 Å². The number of ether oxygens (including phenoxy) is 1. The summed E-state index contributed by atoms with van der Waals surface area (Å²) in [6, 6.07) is -0.920. The molecule has 6 nitrogen and oxygen atoms in total. The van der Waals surface area contributed by atoms with Crippen molar-refractivity contribution in [3.8, 4) is 0 Å². The standard InChI is InChI=1S/C13H22N2O4/c1-13(2)7-9-10(19-13)4-3-5-15(9)12(18)8(14)6-11(16)17/h8-10H,3-7,14H2,1-2H3,(H,16,17)/t8-,9-,10-/m0/s1. The quantitative estimate of drug-likeness (QED) is 0.771. The van der Waals surface area contributed by atoms with Gasteiger partial charge in [-0.3, -0.25) is 9.59 Å².